The van der Waals surface area contributed by atoms with Gasteiger partial charge in [0.05, 0.1) is 4.90 Å². The largest absolute Gasteiger partial charge is 0.348 e. The van der Waals surface area contributed by atoms with Crippen LogP contribution in [-0.4, -0.2) is 14.3 Å². The fourth-order valence-corrected chi connectivity index (χ4v) is 4.40. The molecule has 0 saturated carbocycles. The minimum atomic E-state index is -3.76. The van der Waals surface area contributed by atoms with E-state index in [1.165, 1.54) is 6.07 Å². The van der Waals surface area contributed by atoms with Crippen LogP contribution in [0.25, 0.3) is 0 Å². The van der Waals surface area contributed by atoms with Gasteiger partial charge in [-0.3, -0.25) is 9.52 Å². The second-order valence-electron chi connectivity index (χ2n) is 7.06. The molecular weight excluding hydrogens is 384 g/mol. The number of rotatable bonds is 6. The maximum absolute atomic E-state index is 12.9. The summed E-state index contributed by atoms with van der Waals surface area (Å²) < 4.78 is 28.3. The van der Waals surface area contributed by atoms with E-state index in [-0.39, 0.29) is 13.7 Å². The standard InChI is InChI=1S/C23H24N2O3S.2H2/c1-16-12-18(3)22(13-17(16)2)29(27,28)25-21-11-7-10-20(14-21)23(26)24-15-19-8-5-4-6-9-19;;/h4-14,25H,15H2,1-3H3,(H,24,26);2*1H. The molecule has 1 amide bonds. The molecule has 3 aromatic rings. The monoisotopic (exact) mass is 412 g/mol. The number of hydrogen-bond acceptors (Lipinski definition) is 3. The molecule has 0 aliphatic heterocycles. The second kappa shape index (κ2) is 8.49. The molecule has 0 atom stereocenters. The topological polar surface area (TPSA) is 75.3 Å². The number of amides is 1. The third kappa shape index (κ3) is 5.03. The van der Waals surface area contributed by atoms with E-state index >= 15 is 0 Å². The number of anilines is 1. The van der Waals surface area contributed by atoms with Crippen molar-refractivity contribution in [2.24, 2.45) is 0 Å². The molecule has 3 rings (SSSR count). The smallest absolute Gasteiger partial charge is 0.262 e. The first kappa shape index (κ1) is 20.6. The lowest BCUT2D eigenvalue weighted by Gasteiger charge is -2.13. The summed E-state index contributed by atoms with van der Waals surface area (Å²) in [6.45, 7) is 6.00. The fourth-order valence-electron chi connectivity index (χ4n) is 3.04. The zero-order valence-corrected chi connectivity index (χ0v) is 17.5. The third-order valence-corrected chi connectivity index (χ3v) is 6.28. The van der Waals surface area contributed by atoms with E-state index in [2.05, 4.69) is 10.0 Å². The lowest BCUT2D eigenvalue weighted by Crippen LogP contribution is -2.23. The van der Waals surface area contributed by atoms with Crippen LogP contribution in [-0.2, 0) is 16.6 Å². The summed E-state index contributed by atoms with van der Waals surface area (Å²) in [5, 5.41) is 2.84. The average molecular weight is 413 g/mol. The summed E-state index contributed by atoms with van der Waals surface area (Å²) in [5.41, 5.74) is 4.34. The molecule has 0 spiro atoms. The van der Waals surface area contributed by atoms with Crippen molar-refractivity contribution in [1.82, 2.24) is 5.32 Å². The van der Waals surface area contributed by atoms with Gasteiger partial charge in [-0.15, -0.1) is 0 Å². The van der Waals surface area contributed by atoms with Crippen molar-refractivity contribution in [2.75, 3.05) is 4.72 Å². The predicted molar refractivity (Wildman–Crippen MR) is 120 cm³/mol. The van der Waals surface area contributed by atoms with E-state index in [0.717, 1.165) is 16.7 Å². The minimum Gasteiger partial charge on any atom is -0.348 e. The number of carbonyl (C=O) groups is 1. The molecular formula is C23H28N2O3S. The zero-order valence-electron chi connectivity index (χ0n) is 16.7. The summed E-state index contributed by atoms with van der Waals surface area (Å²) in [6.07, 6.45) is 0. The summed E-state index contributed by atoms with van der Waals surface area (Å²) in [6, 6.07) is 19.6. The van der Waals surface area contributed by atoms with E-state index in [1.807, 2.05) is 50.2 Å². The Morgan fingerprint density at radius 2 is 1.55 bits per heavy atom. The van der Waals surface area contributed by atoms with Crippen LogP contribution in [0.3, 0.4) is 0 Å². The molecule has 0 unspecified atom stereocenters. The fraction of sp³-hybridized carbons (Fsp3) is 0.174. The van der Waals surface area contributed by atoms with Crippen LogP contribution in [0, 0.1) is 20.8 Å². The first-order valence-corrected chi connectivity index (χ1v) is 10.8. The van der Waals surface area contributed by atoms with Crippen LogP contribution < -0.4 is 10.0 Å². The van der Waals surface area contributed by atoms with Crippen molar-refractivity contribution in [1.29, 1.82) is 0 Å². The van der Waals surface area contributed by atoms with Gasteiger partial charge in [-0.2, -0.15) is 0 Å². The number of sulfonamides is 1. The highest BCUT2D eigenvalue weighted by molar-refractivity contribution is 7.92. The Bertz CT molecular complexity index is 1150. The molecule has 29 heavy (non-hydrogen) atoms. The molecule has 0 aliphatic rings. The second-order valence-corrected chi connectivity index (χ2v) is 8.71. The third-order valence-electron chi connectivity index (χ3n) is 4.75. The first-order chi connectivity index (χ1) is 13.8. The Kier molecular flexibility index (Phi) is 6.03. The van der Waals surface area contributed by atoms with Crippen LogP contribution in [0.4, 0.5) is 5.69 Å². The zero-order chi connectivity index (χ0) is 21.0. The Balaban J connectivity index is 0.00000240. The number of carbonyl (C=O) groups excluding carboxylic acids is 1. The number of aryl methyl sites for hydroxylation is 3. The van der Waals surface area contributed by atoms with Gasteiger partial charge in [0.15, 0.2) is 0 Å². The first-order valence-electron chi connectivity index (χ1n) is 9.29. The van der Waals surface area contributed by atoms with Crippen LogP contribution in [0.2, 0.25) is 0 Å². The molecule has 0 heterocycles. The number of hydrogen-bond donors (Lipinski definition) is 2. The van der Waals surface area contributed by atoms with Crippen molar-refractivity contribution in [3.8, 4) is 0 Å². The van der Waals surface area contributed by atoms with E-state index in [4.69, 9.17) is 0 Å². The highest BCUT2D eigenvalue weighted by Crippen LogP contribution is 2.23. The van der Waals surface area contributed by atoms with Crippen molar-refractivity contribution >= 4 is 21.6 Å². The molecule has 0 fully saturated rings. The van der Waals surface area contributed by atoms with Crippen LogP contribution in [0.15, 0.2) is 71.6 Å². The van der Waals surface area contributed by atoms with Crippen molar-refractivity contribution in [3.63, 3.8) is 0 Å². The lowest BCUT2D eigenvalue weighted by atomic mass is 10.1. The summed E-state index contributed by atoms with van der Waals surface area (Å²) in [5.74, 6) is -0.266. The van der Waals surface area contributed by atoms with Crippen LogP contribution in [0.1, 0.15) is 35.5 Å². The van der Waals surface area contributed by atoms with Gasteiger partial charge in [-0.1, -0.05) is 42.5 Å². The van der Waals surface area contributed by atoms with Crippen molar-refractivity contribution in [2.45, 2.75) is 32.2 Å². The van der Waals surface area contributed by atoms with Gasteiger partial charge in [-0.05, 0) is 67.3 Å². The lowest BCUT2D eigenvalue weighted by molar-refractivity contribution is 0.0951. The Hall–Kier alpha value is -3.12. The highest BCUT2D eigenvalue weighted by atomic mass is 32.2. The molecule has 0 aromatic heterocycles. The van der Waals surface area contributed by atoms with Gasteiger partial charge in [-0.25, -0.2) is 8.42 Å². The van der Waals surface area contributed by atoms with Gasteiger partial charge in [0.1, 0.15) is 0 Å². The van der Waals surface area contributed by atoms with Gasteiger partial charge >= 0.3 is 0 Å². The van der Waals surface area contributed by atoms with Gasteiger partial charge in [0.25, 0.3) is 15.9 Å². The Labute approximate surface area is 174 Å². The molecule has 0 bridgehead atoms. The van der Waals surface area contributed by atoms with Crippen LogP contribution in [0.5, 0.6) is 0 Å². The normalized spacial score (nSPS) is 11.1. The molecule has 0 aliphatic carbocycles. The molecule has 2 N–H and O–H groups in total. The Morgan fingerprint density at radius 3 is 2.28 bits per heavy atom. The molecule has 0 saturated heterocycles. The molecule has 0 radical (unpaired) electrons. The van der Waals surface area contributed by atoms with E-state index < -0.39 is 10.0 Å². The number of nitrogens with one attached hydrogen (secondary N) is 2. The van der Waals surface area contributed by atoms with E-state index in [1.54, 1.807) is 31.2 Å². The summed E-state index contributed by atoms with van der Waals surface area (Å²) >= 11 is 0. The molecule has 154 valence electrons. The molecule has 5 nitrogen and oxygen atoms in total. The maximum Gasteiger partial charge on any atom is 0.262 e. The van der Waals surface area contributed by atoms with Crippen LogP contribution >= 0.6 is 0 Å². The highest BCUT2D eigenvalue weighted by Gasteiger charge is 2.18. The van der Waals surface area contributed by atoms with E-state index in [0.29, 0.717) is 23.4 Å². The number of benzene rings is 3. The molecule has 3 aromatic carbocycles. The quantitative estimate of drug-likeness (QED) is 0.609. The van der Waals surface area contributed by atoms with Gasteiger partial charge < -0.3 is 5.32 Å². The van der Waals surface area contributed by atoms with Gasteiger partial charge in [0, 0.05) is 20.6 Å². The van der Waals surface area contributed by atoms with Crippen molar-refractivity contribution < 1.29 is 16.1 Å². The van der Waals surface area contributed by atoms with E-state index in [9.17, 15) is 13.2 Å². The SMILES string of the molecule is Cc1cc(C)c(S(=O)(=O)Nc2cccc(C(=O)NCc3ccccc3)c2)cc1C.[HH].[HH]. The summed E-state index contributed by atoms with van der Waals surface area (Å²) in [7, 11) is -3.76. The average Bonchev–Trinajstić information content (AvgIpc) is 2.69. The summed E-state index contributed by atoms with van der Waals surface area (Å²) in [4.78, 5) is 12.7. The predicted octanol–water partition coefficient (Wildman–Crippen LogP) is 4.83. The van der Waals surface area contributed by atoms with Gasteiger partial charge in [0.2, 0.25) is 0 Å². The Morgan fingerprint density at radius 1 is 0.862 bits per heavy atom. The minimum absolute atomic E-state index is 0. The van der Waals surface area contributed by atoms with Crippen molar-refractivity contribution in [3.05, 3.63) is 94.5 Å². The molecule has 6 heteroatoms. The maximum atomic E-state index is 12.9.